The predicted molar refractivity (Wildman–Crippen MR) is 87.9 cm³/mol. The van der Waals surface area contributed by atoms with Gasteiger partial charge in [-0.15, -0.1) is 0 Å². The van der Waals surface area contributed by atoms with Crippen LogP contribution in [0.4, 0.5) is 5.69 Å². The van der Waals surface area contributed by atoms with Gasteiger partial charge in [-0.2, -0.15) is 0 Å². The highest BCUT2D eigenvalue weighted by Crippen LogP contribution is 2.33. The smallest absolute Gasteiger partial charge is 0.195 e. The Balaban J connectivity index is 2.40. The first kappa shape index (κ1) is 15.9. The van der Waals surface area contributed by atoms with Crippen LogP contribution in [0.15, 0.2) is 36.4 Å². The molecule has 0 aromatic heterocycles. The zero-order valence-corrected chi connectivity index (χ0v) is 13.3. The van der Waals surface area contributed by atoms with E-state index in [1.807, 2.05) is 24.3 Å². The number of nitrogen functional groups attached to an aromatic ring is 1. The monoisotopic (exact) mass is 299 g/mol. The SMILES string of the molecule is COc1cc(N)c(C(=O)c2ccc(C(C)C)cc2)cc1OC. The number of benzene rings is 2. The summed E-state index contributed by atoms with van der Waals surface area (Å²) in [6, 6.07) is 10.8. The lowest BCUT2D eigenvalue weighted by Gasteiger charge is -2.12. The van der Waals surface area contributed by atoms with Gasteiger partial charge in [0.2, 0.25) is 0 Å². The predicted octanol–water partition coefficient (Wildman–Crippen LogP) is 3.64. The summed E-state index contributed by atoms with van der Waals surface area (Å²) in [4.78, 5) is 12.6. The molecule has 0 aliphatic rings. The summed E-state index contributed by atoms with van der Waals surface area (Å²) < 4.78 is 10.4. The summed E-state index contributed by atoms with van der Waals surface area (Å²) in [7, 11) is 3.06. The molecule has 0 radical (unpaired) electrons. The van der Waals surface area contributed by atoms with E-state index < -0.39 is 0 Å². The molecule has 0 amide bonds. The molecule has 2 rings (SSSR count). The van der Waals surface area contributed by atoms with Crippen molar-refractivity contribution in [2.45, 2.75) is 19.8 Å². The Morgan fingerprint density at radius 1 is 1.00 bits per heavy atom. The van der Waals surface area contributed by atoms with Crippen molar-refractivity contribution in [3.05, 3.63) is 53.1 Å². The van der Waals surface area contributed by atoms with Crippen molar-refractivity contribution in [3.8, 4) is 11.5 Å². The Kier molecular flexibility index (Phi) is 4.71. The van der Waals surface area contributed by atoms with E-state index in [-0.39, 0.29) is 5.78 Å². The topological polar surface area (TPSA) is 61.5 Å². The van der Waals surface area contributed by atoms with Gasteiger partial charge in [0.05, 0.1) is 14.2 Å². The lowest BCUT2D eigenvalue weighted by atomic mass is 9.97. The summed E-state index contributed by atoms with van der Waals surface area (Å²) in [5.74, 6) is 1.29. The molecule has 4 heteroatoms. The van der Waals surface area contributed by atoms with Gasteiger partial charge < -0.3 is 15.2 Å². The Morgan fingerprint density at radius 2 is 1.55 bits per heavy atom. The Labute approximate surface area is 130 Å². The van der Waals surface area contributed by atoms with Crippen LogP contribution < -0.4 is 15.2 Å². The van der Waals surface area contributed by atoms with Gasteiger partial charge in [0.25, 0.3) is 0 Å². The van der Waals surface area contributed by atoms with Crippen LogP contribution in [-0.4, -0.2) is 20.0 Å². The number of anilines is 1. The van der Waals surface area contributed by atoms with Crippen LogP contribution in [0.25, 0.3) is 0 Å². The van der Waals surface area contributed by atoms with E-state index in [1.54, 1.807) is 12.1 Å². The Morgan fingerprint density at radius 3 is 2.05 bits per heavy atom. The van der Waals surface area contributed by atoms with Gasteiger partial charge in [-0.1, -0.05) is 38.1 Å². The second kappa shape index (κ2) is 6.52. The zero-order chi connectivity index (χ0) is 16.3. The highest BCUT2D eigenvalue weighted by atomic mass is 16.5. The van der Waals surface area contributed by atoms with Gasteiger partial charge >= 0.3 is 0 Å². The van der Waals surface area contributed by atoms with E-state index in [1.165, 1.54) is 19.8 Å². The summed E-state index contributed by atoms with van der Waals surface area (Å²) in [5.41, 5.74) is 8.56. The fourth-order valence-corrected chi connectivity index (χ4v) is 2.27. The summed E-state index contributed by atoms with van der Waals surface area (Å²) in [6.07, 6.45) is 0. The van der Waals surface area contributed by atoms with E-state index in [2.05, 4.69) is 13.8 Å². The molecule has 0 fully saturated rings. The highest BCUT2D eigenvalue weighted by Gasteiger charge is 2.17. The maximum atomic E-state index is 12.6. The highest BCUT2D eigenvalue weighted by molar-refractivity contribution is 6.12. The lowest BCUT2D eigenvalue weighted by molar-refractivity contribution is 0.103. The molecule has 0 aliphatic heterocycles. The summed E-state index contributed by atoms with van der Waals surface area (Å²) in [6.45, 7) is 4.23. The maximum absolute atomic E-state index is 12.6. The van der Waals surface area contributed by atoms with Gasteiger partial charge in [-0.25, -0.2) is 0 Å². The number of rotatable bonds is 5. The van der Waals surface area contributed by atoms with Crippen molar-refractivity contribution in [1.82, 2.24) is 0 Å². The third kappa shape index (κ3) is 3.06. The number of hydrogen-bond acceptors (Lipinski definition) is 4. The zero-order valence-electron chi connectivity index (χ0n) is 13.3. The van der Waals surface area contributed by atoms with Gasteiger partial charge in [-0.05, 0) is 17.5 Å². The van der Waals surface area contributed by atoms with Crippen LogP contribution in [0, 0.1) is 0 Å². The Hall–Kier alpha value is -2.49. The molecule has 2 aromatic rings. The fraction of sp³-hybridized carbons (Fsp3) is 0.278. The third-order valence-corrected chi connectivity index (χ3v) is 3.64. The normalized spacial score (nSPS) is 10.6. The molecule has 2 aromatic carbocycles. The first-order chi connectivity index (χ1) is 10.5. The van der Waals surface area contributed by atoms with Crippen LogP contribution in [-0.2, 0) is 0 Å². The summed E-state index contributed by atoms with van der Waals surface area (Å²) >= 11 is 0. The molecule has 2 N–H and O–H groups in total. The quantitative estimate of drug-likeness (QED) is 0.676. The van der Waals surface area contributed by atoms with Gasteiger partial charge in [0, 0.05) is 22.9 Å². The lowest BCUT2D eigenvalue weighted by Crippen LogP contribution is -2.07. The molecule has 22 heavy (non-hydrogen) atoms. The molecule has 0 heterocycles. The molecule has 116 valence electrons. The molecule has 0 bridgehead atoms. The molecule has 0 unspecified atom stereocenters. The van der Waals surface area contributed by atoms with Crippen molar-refractivity contribution in [2.24, 2.45) is 0 Å². The first-order valence-electron chi connectivity index (χ1n) is 7.14. The molecule has 0 saturated carbocycles. The van der Waals surface area contributed by atoms with Crippen LogP contribution in [0.2, 0.25) is 0 Å². The van der Waals surface area contributed by atoms with Crippen molar-refractivity contribution < 1.29 is 14.3 Å². The molecular weight excluding hydrogens is 278 g/mol. The van der Waals surface area contributed by atoms with Crippen LogP contribution in [0.5, 0.6) is 11.5 Å². The second-order valence-electron chi connectivity index (χ2n) is 5.40. The average Bonchev–Trinajstić information content (AvgIpc) is 2.53. The first-order valence-corrected chi connectivity index (χ1v) is 7.14. The van der Waals surface area contributed by atoms with E-state index in [0.29, 0.717) is 34.2 Å². The fourth-order valence-electron chi connectivity index (χ4n) is 2.27. The van der Waals surface area contributed by atoms with E-state index in [9.17, 15) is 4.79 Å². The molecular formula is C18H21NO3. The van der Waals surface area contributed by atoms with E-state index in [0.717, 1.165) is 0 Å². The van der Waals surface area contributed by atoms with Crippen molar-refractivity contribution in [1.29, 1.82) is 0 Å². The Bertz CT molecular complexity index is 675. The number of ether oxygens (including phenoxy) is 2. The van der Waals surface area contributed by atoms with Gasteiger partial charge in [-0.3, -0.25) is 4.79 Å². The van der Waals surface area contributed by atoms with Crippen LogP contribution in [0.3, 0.4) is 0 Å². The van der Waals surface area contributed by atoms with E-state index in [4.69, 9.17) is 15.2 Å². The number of methoxy groups -OCH3 is 2. The van der Waals surface area contributed by atoms with Crippen molar-refractivity contribution in [2.75, 3.05) is 20.0 Å². The molecule has 0 aliphatic carbocycles. The van der Waals surface area contributed by atoms with Crippen molar-refractivity contribution >= 4 is 11.5 Å². The number of nitrogens with two attached hydrogens (primary N) is 1. The second-order valence-corrected chi connectivity index (χ2v) is 5.40. The minimum atomic E-state index is -0.131. The average molecular weight is 299 g/mol. The minimum absolute atomic E-state index is 0.131. The van der Waals surface area contributed by atoms with Crippen molar-refractivity contribution in [3.63, 3.8) is 0 Å². The standard InChI is InChI=1S/C18H21NO3/c1-11(2)12-5-7-13(8-6-12)18(20)14-9-16(21-3)17(22-4)10-15(14)19/h5-11H,19H2,1-4H3. The largest absolute Gasteiger partial charge is 0.493 e. The van der Waals surface area contributed by atoms with Gasteiger partial charge in [0.15, 0.2) is 17.3 Å². The van der Waals surface area contributed by atoms with Gasteiger partial charge in [0.1, 0.15) is 0 Å². The number of carbonyl (C=O) groups excluding carboxylic acids is 1. The maximum Gasteiger partial charge on any atom is 0.195 e. The van der Waals surface area contributed by atoms with E-state index >= 15 is 0 Å². The number of hydrogen-bond donors (Lipinski definition) is 1. The number of ketones is 1. The molecule has 0 spiro atoms. The molecule has 4 nitrogen and oxygen atoms in total. The minimum Gasteiger partial charge on any atom is -0.493 e. The third-order valence-electron chi connectivity index (χ3n) is 3.64. The molecule has 0 saturated heterocycles. The molecule has 0 atom stereocenters. The number of carbonyl (C=O) groups is 1. The van der Waals surface area contributed by atoms with Crippen LogP contribution >= 0.6 is 0 Å². The summed E-state index contributed by atoms with van der Waals surface area (Å²) in [5, 5.41) is 0. The van der Waals surface area contributed by atoms with Crippen LogP contribution in [0.1, 0.15) is 41.3 Å².